The number of nitrogens with one attached hydrogen (secondary N) is 1. The summed E-state index contributed by atoms with van der Waals surface area (Å²) in [7, 11) is 0. The number of anilines is 1. The highest BCUT2D eigenvalue weighted by Crippen LogP contribution is 2.18. The molecule has 0 atom stereocenters. The highest BCUT2D eigenvalue weighted by molar-refractivity contribution is 5.53. The van der Waals surface area contributed by atoms with Gasteiger partial charge in [0.1, 0.15) is 12.2 Å². The monoisotopic (exact) mass is 345 g/mol. The van der Waals surface area contributed by atoms with E-state index in [2.05, 4.69) is 60.7 Å². The third-order valence-corrected chi connectivity index (χ3v) is 4.24. The third-order valence-electron chi connectivity index (χ3n) is 4.24. The second-order valence-electron chi connectivity index (χ2n) is 6.07. The summed E-state index contributed by atoms with van der Waals surface area (Å²) >= 11 is 0. The van der Waals surface area contributed by atoms with Gasteiger partial charge in [-0.05, 0) is 46.7 Å². The number of hydrogen-bond acceptors (Lipinski definition) is 5. The number of aryl methyl sites for hydroxylation is 1. The molecule has 130 valence electrons. The van der Waals surface area contributed by atoms with Gasteiger partial charge in [-0.1, -0.05) is 30.3 Å². The van der Waals surface area contributed by atoms with Crippen LogP contribution in [0.1, 0.15) is 17.0 Å². The fourth-order valence-corrected chi connectivity index (χ4v) is 2.91. The highest BCUT2D eigenvalue weighted by atomic mass is 15.5. The second-order valence-corrected chi connectivity index (χ2v) is 6.07. The zero-order chi connectivity index (χ0) is 17.8. The molecule has 1 N–H and O–H groups in total. The Morgan fingerprint density at radius 3 is 2.73 bits per heavy atom. The van der Waals surface area contributed by atoms with Gasteiger partial charge in [-0.25, -0.2) is 9.67 Å². The SMILES string of the molecule is Cc1cc(NCc2nccn2Cc2ccccc2)ccc1-n1cnnn1. The second kappa shape index (κ2) is 7.18. The van der Waals surface area contributed by atoms with Gasteiger partial charge >= 0.3 is 0 Å². The van der Waals surface area contributed by atoms with E-state index in [9.17, 15) is 0 Å². The molecule has 0 bridgehead atoms. The van der Waals surface area contributed by atoms with Crippen molar-refractivity contribution >= 4 is 5.69 Å². The first kappa shape index (κ1) is 16.0. The Morgan fingerprint density at radius 1 is 1.08 bits per heavy atom. The Hall–Kier alpha value is -3.48. The molecule has 7 nitrogen and oxygen atoms in total. The van der Waals surface area contributed by atoms with Crippen LogP contribution in [0.3, 0.4) is 0 Å². The molecular formula is C19H19N7. The van der Waals surface area contributed by atoms with Gasteiger partial charge in [0.25, 0.3) is 0 Å². The Labute approximate surface area is 151 Å². The van der Waals surface area contributed by atoms with E-state index in [4.69, 9.17) is 0 Å². The fourth-order valence-electron chi connectivity index (χ4n) is 2.91. The van der Waals surface area contributed by atoms with Crippen LogP contribution in [0.25, 0.3) is 5.69 Å². The fraction of sp³-hybridized carbons (Fsp3) is 0.158. The van der Waals surface area contributed by atoms with Crippen LogP contribution >= 0.6 is 0 Å². The quantitative estimate of drug-likeness (QED) is 0.582. The molecule has 4 rings (SSSR count). The standard InChI is InChI=1S/C19H19N7/c1-15-11-17(7-8-18(15)26-14-22-23-24-26)21-12-19-20-9-10-25(19)13-16-5-3-2-4-6-16/h2-11,14,21H,12-13H2,1H3. The maximum atomic E-state index is 4.48. The van der Waals surface area contributed by atoms with E-state index < -0.39 is 0 Å². The average Bonchev–Trinajstić information content (AvgIpc) is 3.33. The van der Waals surface area contributed by atoms with Crippen LogP contribution < -0.4 is 5.32 Å². The summed E-state index contributed by atoms with van der Waals surface area (Å²) in [5.41, 5.74) is 4.35. The smallest absolute Gasteiger partial charge is 0.143 e. The average molecular weight is 345 g/mol. The van der Waals surface area contributed by atoms with Crippen LogP contribution in [-0.4, -0.2) is 29.8 Å². The van der Waals surface area contributed by atoms with Gasteiger partial charge < -0.3 is 9.88 Å². The molecule has 0 spiro atoms. The minimum atomic E-state index is 0.656. The number of rotatable bonds is 6. The molecule has 0 saturated heterocycles. The molecule has 0 aliphatic carbocycles. The minimum absolute atomic E-state index is 0.656. The number of imidazole rings is 1. The van der Waals surface area contributed by atoms with Crippen molar-refractivity contribution in [2.75, 3.05) is 5.32 Å². The largest absolute Gasteiger partial charge is 0.378 e. The van der Waals surface area contributed by atoms with Crippen molar-refractivity contribution < 1.29 is 0 Å². The van der Waals surface area contributed by atoms with Crippen LogP contribution in [0, 0.1) is 6.92 Å². The van der Waals surface area contributed by atoms with E-state index in [-0.39, 0.29) is 0 Å². The van der Waals surface area contributed by atoms with Crippen LogP contribution in [0.5, 0.6) is 0 Å². The zero-order valence-corrected chi connectivity index (χ0v) is 14.4. The molecule has 0 radical (unpaired) electrons. The van der Waals surface area contributed by atoms with Crippen LogP contribution in [-0.2, 0) is 13.1 Å². The van der Waals surface area contributed by atoms with E-state index >= 15 is 0 Å². The molecule has 2 aromatic heterocycles. The van der Waals surface area contributed by atoms with Gasteiger partial charge in [-0.3, -0.25) is 0 Å². The summed E-state index contributed by atoms with van der Waals surface area (Å²) in [6.45, 7) is 3.51. The van der Waals surface area contributed by atoms with Crippen LogP contribution in [0.4, 0.5) is 5.69 Å². The minimum Gasteiger partial charge on any atom is -0.378 e. The molecule has 0 fully saturated rings. The van der Waals surface area contributed by atoms with Gasteiger partial charge in [-0.15, -0.1) is 5.10 Å². The van der Waals surface area contributed by atoms with Crippen LogP contribution in [0.2, 0.25) is 0 Å². The number of benzene rings is 2. The number of nitrogens with zero attached hydrogens (tertiary/aromatic N) is 6. The van der Waals surface area contributed by atoms with E-state index in [0.717, 1.165) is 29.3 Å². The zero-order valence-electron chi connectivity index (χ0n) is 14.4. The maximum absolute atomic E-state index is 4.48. The third kappa shape index (κ3) is 3.46. The first-order chi connectivity index (χ1) is 12.8. The lowest BCUT2D eigenvalue weighted by atomic mass is 10.2. The number of aromatic nitrogens is 6. The summed E-state index contributed by atoms with van der Waals surface area (Å²) in [5, 5.41) is 14.7. The van der Waals surface area contributed by atoms with E-state index in [1.807, 2.05) is 37.5 Å². The lowest BCUT2D eigenvalue weighted by Gasteiger charge is -2.12. The van der Waals surface area contributed by atoms with Crippen molar-refractivity contribution in [3.05, 3.63) is 84.2 Å². The molecule has 0 aliphatic heterocycles. The molecule has 7 heteroatoms. The highest BCUT2D eigenvalue weighted by Gasteiger charge is 2.06. The van der Waals surface area contributed by atoms with Crippen molar-refractivity contribution in [3.63, 3.8) is 0 Å². The lowest BCUT2D eigenvalue weighted by molar-refractivity contribution is 0.735. The normalized spacial score (nSPS) is 10.8. The van der Waals surface area contributed by atoms with Crippen molar-refractivity contribution in [2.45, 2.75) is 20.0 Å². The molecule has 2 heterocycles. The van der Waals surface area contributed by atoms with Gasteiger partial charge in [0, 0.05) is 24.6 Å². The van der Waals surface area contributed by atoms with Gasteiger partial charge in [0.15, 0.2) is 0 Å². The van der Waals surface area contributed by atoms with Crippen molar-refractivity contribution in [1.29, 1.82) is 0 Å². The van der Waals surface area contributed by atoms with Gasteiger partial charge in [-0.2, -0.15) is 0 Å². The van der Waals surface area contributed by atoms with Crippen molar-refractivity contribution in [1.82, 2.24) is 29.8 Å². The van der Waals surface area contributed by atoms with Gasteiger partial charge in [0.05, 0.1) is 12.2 Å². The Morgan fingerprint density at radius 2 is 1.96 bits per heavy atom. The topological polar surface area (TPSA) is 73.5 Å². The number of hydrogen-bond donors (Lipinski definition) is 1. The molecule has 0 saturated carbocycles. The molecule has 0 amide bonds. The Bertz CT molecular complexity index is 974. The predicted octanol–water partition coefficient (Wildman–Crippen LogP) is 2.83. The van der Waals surface area contributed by atoms with E-state index in [0.29, 0.717) is 6.54 Å². The summed E-state index contributed by atoms with van der Waals surface area (Å²) < 4.78 is 3.82. The van der Waals surface area contributed by atoms with Gasteiger partial charge in [0.2, 0.25) is 0 Å². The molecular weight excluding hydrogens is 326 g/mol. The first-order valence-corrected chi connectivity index (χ1v) is 8.41. The Kier molecular flexibility index (Phi) is 4.42. The summed E-state index contributed by atoms with van der Waals surface area (Å²) in [5.74, 6) is 0.996. The first-order valence-electron chi connectivity index (χ1n) is 8.41. The lowest BCUT2D eigenvalue weighted by Crippen LogP contribution is -2.09. The summed E-state index contributed by atoms with van der Waals surface area (Å²) in [6, 6.07) is 16.5. The molecule has 4 aromatic rings. The molecule has 2 aromatic carbocycles. The maximum Gasteiger partial charge on any atom is 0.143 e. The summed E-state index contributed by atoms with van der Waals surface area (Å²) in [6.07, 6.45) is 5.44. The molecule has 0 aliphatic rings. The predicted molar refractivity (Wildman–Crippen MR) is 99.0 cm³/mol. The molecule has 0 unspecified atom stereocenters. The molecule has 26 heavy (non-hydrogen) atoms. The van der Waals surface area contributed by atoms with E-state index in [1.54, 1.807) is 11.0 Å². The number of tetrazole rings is 1. The van der Waals surface area contributed by atoms with Crippen LogP contribution in [0.15, 0.2) is 67.3 Å². The Balaban J connectivity index is 1.45. The van der Waals surface area contributed by atoms with Crippen molar-refractivity contribution in [2.24, 2.45) is 0 Å². The summed E-state index contributed by atoms with van der Waals surface area (Å²) in [4.78, 5) is 4.48. The van der Waals surface area contributed by atoms with E-state index in [1.165, 1.54) is 5.56 Å². The van der Waals surface area contributed by atoms with Crippen molar-refractivity contribution in [3.8, 4) is 5.69 Å².